The number of aryl methyl sites for hydroxylation is 1. The molecule has 3 rings (SSSR count). The quantitative estimate of drug-likeness (QED) is 0.709. The van der Waals surface area contributed by atoms with Crippen molar-refractivity contribution in [2.24, 2.45) is 0 Å². The van der Waals surface area contributed by atoms with Gasteiger partial charge in [-0.25, -0.2) is 4.39 Å². The molecule has 1 amide bonds. The number of halogens is 2. The standard InChI is InChI=1S/C19H17ClFN3O2/c1-13-5-2-3-8-17(13)26-12-19(25)22-18-9-10-24(23-18)11-14-15(20)6-4-7-16(14)21/h2-10H,11-12H2,1H3,(H,22,23,25). The molecule has 0 saturated carbocycles. The third kappa shape index (κ3) is 4.40. The zero-order valence-corrected chi connectivity index (χ0v) is 14.8. The highest BCUT2D eigenvalue weighted by Crippen LogP contribution is 2.20. The first-order valence-electron chi connectivity index (χ1n) is 7.97. The van der Waals surface area contributed by atoms with Gasteiger partial charge in [-0.2, -0.15) is 5.10 Å². The van der Waals surface area contributed by atoms with Crippen molar-refractivity contribution in [2.75, 3.05) is 11.9 Å². The molecule has 0 unspecified atom stereocenters. The minimum absolute atomic E-state index is 0.128. The fourth-order valence-corrected chi connectivity index (χ4v) is 2.63. The Morgan fingerprint density at radius 3 is 2.81 bits per heavy atom. The average molecular weight is 374 g/mol. The van der Waals surface area contributed by atoms with Crippen LogP contribution in [0.4, 0.5) is 10.2 Å². The van der Waals surface area contributed by atoms with Crippen molar-refractivity contribution in [3.05, 3.63) is 76.7 Å². The fraction of sp³-hybridized carbons (Fsp3) is 0.158. The molecule has 0 aliphatic heterocycles. The van der Waals surface area contributed by atoms with Crippen LogP contribution in [0.3, 0.4) is 0 Å². The first-order chi connectivity index (χ1) is 12.5. The number of aromatic nitrogens is 2. The molecule has 0 saturated heterocycles. The van der Waals surface area contributed by atoms with Crippen molar-refractivity contribution >= 4 is 23.3 Å². The lowest BCUT2D eigenvalue weighted by molar-refractivity contribution is -0.118. The number of carbonyl (C=O) groups excluding carboxylic acids is 1. The Balaban J connectivity index is 1.58. The van der Waals surface area contributed by atoms with Gasteiger partial charge in [0.25, 0.3) is 5.91 Å². The lowest BCUT2D eigenvalue weighted by Crippen LogP contribution is -2.20. The number of carbonyl (C=O) groups is 1. The van der Waals surface area contributed by atoms with Crippen LogP contribution in [0.15, 0.2) is 54.7 Å². The number of hydrogen-bond acceptors (Lipinski definition) is 3. The molecule has 2 aromatic carbocycles. The van der Waals surface area contributed by atoms with E-state index in [9.17, 15) is 9.18 Å². The normalized spacial score (nSPS) is 10.6. The van der Waals surface area contributed by atoms with E-state index >= 15 is 0 Å². The van der Waals surface area contributed by atoms with Crippen molar-refractivity contribution < 1.29 is 13.9 Å². The molecule has 7 heteroatoms. The summed E-state index contributed by atoms with van der Waals surface area (Å²) in [6.07, 6.45) is 1.64. The summed E-state index contributed by atoms with van der Waals surface area (Å²) in [5.74, 6) is 0.283. The third-order valence-electron chi connectivity index (χ3n) is 3.74. The van der Waals surface area contributed by atoms with Crippen molar-refractivity contribution in [3.8, 4) is 5.75 Å². The van der Waals surface area contributed by atoms with E-state index in [1.165, 1.54) is 10.7 Å². The van der Waals surface area contributed by atoms with Gasteiger partial charge in [0.1, 0.15) is 11.6 Å². The number of hydrogen-bond donors (Lipinski definition) is 1. The van der Waals surface area contributed by atoms with Crippen LogP contribution >= 0.6 is 11.6 Å². The van der Waals surface area contributed by atoms with E-state index in [0.717, 1.165) is 5.56 Å². The number of nitrogens with one attached hydrogen (secondary N) is 1. The van der Waals surface area contributed by atoms with E-state index in [1.807, 2.05) is 25.1 Å². The molecule has 1 N–H and O–H groups in total. The van der Waals surface area contributed by atoms with E-state index in [0.29, 0.717) is 22.2 Å². The van der Waals surface area contributed by atoms with Gasteiger partial charge in [-0.1, -0.05) is 35.9 Å². The molecule has 5 nitrogen and oxygen atoms in total. The number of nitrogens with zero attached hydrogens (tertiary/aromatic N) is 2. The maximum atomic E-state index is 13.8. The molecule has 26 heavy (non-hydrogen) atoms. The van der Waals surface area contributed by atoms with Gasteiger partial charge >= 0.3 is 0 Å². The summed E-state index contributed by atoms with van der Waals surface area (Å²) >= 11 is 6.02. The zero-order chi connectivity index (χ0) is 18.5. The van der Waals surface area contributed by atoms with Crippen molar-refractivity contribution in [2.45, 2.75) is 13.5 Å². The number of rotatable bonds is 6. The molecule has 0 radical (unpaired) electrons. The lowest BCUT2D eigenvalue weighted by Gasteiger charge is -2.08. The van der Waals surface area contributed by atoms with Crippen LogP contribution in [-0.2, 0) is 11.3 Å². The molecule has 134 valence electrons. The molecule has 0 aliphatic carbocycles. The molecule has 0 bridgehead atoms. The number of amides is 1. The van der Waals surface area contributed by atoms with Gasteiger partial charge in [0.2, 0.25) is 0 Å². The topological polar surface area (TPSA) is 56.1 Å². The van der Waals surface area contributed by atoms with Crippen LogP contribution in [-0.4, -0.2) is 22.3 Å². The van der Waals surface area contributed by atoms with Crippen molar-refractivity contribution in [1.29, 1.82) is 0 Å². The molecule has 0 spiro atoms. The summed E-state index contributed by atoms with van der Waals surface area (Å²) in [5.41, 5.74) is 1.30. The summed E-state index contributed by atoms with van der Waals surface area (Å²) < 4.78 is 20.8. The molecule has 3 aromatic rings. The maximum absolute atomic E-state index is 13.8. The van der Waals surface area contributed by atoms with Gasteiger partial charge < -0.3 is 10.1 Å². The molecule has 0 aliphatic rings. The van der Waals surface area contributed by atoms with Gasteiger partial charge in [0, 0.05) is 22.8 Å². The van der Waals surface area contributed by atoms with Crippen LogP contribution < -0.4 is 10.1 Å². The van der Waals surface area contributed by atoms with Crippen LogP contribution in [0.5, 0.6) is 5.75 Å². The average Bonchev–Trinajstić information content (AvgIpc) is 3.04. The first-order valence-corrected chi connectivity index (χ1v) is 8.35. The van der Waals surface area contributed by atoms with E-state index in [-0.39, 0.29) is 19.1 Å². The molecule has 0 atom stereocenters. The number of ether oxygens (including phenoxy) is 1. The highest BCUT2D eigenvalue weighted by Gasteiger charge is 2.10. The van der Waals surface area contributed by atoms with Crippen LogP contribution in [0.2, 0.25) is 5.02 Å². The SMILES string of the molecule is Cc1ccccc1OCC(=O)Nc1ccn(Cc2c(F)cccc2Cl)n1. The second-order valence-electron chi connectivity index (χ2n) is 5.70. The molecular formula is C19H17ClFN3O2. The lowest BCUT2D eigenvalue weighted by atomic mass is 10.2. The van der Waals surface area contributed by atoms with Crippen LogP contribution in [0, 0.1) is 12.7 Å². The Bertz CT molecular complexity index is 906. The largest absolute Gasteiger partial charge is 0.483 e. The van der Waals surface area contributed by atoms with Crippen molar-refractivity contribution in [3.63, 3.8) is 0 Å². The minimum Gasteiger partial charge on any atom is -0.483 e. The summed E-state index contributed by atoms with van der Waals surface area (Å²) in [4.78, 5) is 12.0. The first kappa shape index (κ1) is 17.9. The highest BCUT2D eigenvalue weighted by molar-refractivity contribution is 6.31. The van der Waals surface area contributed by atoms with Crippen LogP contribution in [0.1, 0.15) is 11.1 Å². The highest BCUT2D eigenvalue weighted by atomic mass is 35.5. The third-order valence-corrected chi connectivity index (χ3v) is 4.10. The summed E-state index contributed by atoms with van der Waals surface area (Å²) in [6.45, 7) is 1.95. The smallest absolute Gasteiger partial charge is 0.263 e. The van der Waals surface area contributed by atoms with Gasteiger partial charge in [-0.05, 0) is 30.7 Å². The second-order valence-corrected chi connectivity index (χ2v) is 6.11. The number of anilines is 1. The summed E-state index contributed by atoms with van der Waals surface area (Å²) in [5, 5.41) is 7.18. The number of benzene rings is 2. The molecule has 1 aromatic heterocycles. The summed E-state index contributed by atoms with van der Waals surface area (Å²) in [7, 11) is 0. The van der Waals surface area contributed by atoms with Crippen LogP contribution in [0.25, 0.3) is 0 Å². The minimum atomic E-state index is -0.398. The Morgan fingerprint density at radius 1 is 1.23 bits per heavy atom. The van der Waals surface area contributed by atoms with Gasteiger partial charge in [0.05, 0.1) is 6.54 Å². The maximum Gasteiger partial charge on any atom is 0.263 e. The Kier molecular flexibility index (Phi) is 5.53. The Hall–Kier alpha value is -2.86. The zero-order valence-electron chi connectivity index (χ0n) is 14.1. The van der Waals surface area contributed by atoms with E-state index in [1.54, 1.807) is 30.5 Å². The van der Waals surface area contributed by atoms with Crippen molar-refractivity contribution in [1.82, 2.24) is 9.78 Å². The second kappa shape index (κ2) is 8.01. The van der Waals surface area contributed by atoms with E-state index in [2.05, 4.69) is 10.4 Å². The molecule has 1 heterocycles. The van der Waals surface area contributed by atoms with E-state index < -0.39 is 5.82 Å². The van der Waals surface area contributed by atoms with Gasteiger partial charge in [0.15, 0.2) is 12.4 Å². The fourth-order valence-electron chi connectivity index (χ4n) is 2.40. The van der Waals surface area contributed by atoms with E-state index in [4.69, 9.17) is 16.3 Å². The predicted octanol–water partition coefficient (Wildman–Crippen LogP) is 4.05. The molecular weight excluding hydrogens is 357 g/mol. The monoisotopic (exact) mass is 373 g/mol. The molecule has 0 fully saturated rings. The predicted molar refractivity (Wildman–Crippen MR) is 98.0 cm³/mol. The van der Waals surface area contributed by atoms with Gasteiger partial charge in [-0.15, -0.1) is 0 Å². The Morgan fingerprint density at radius 2 is 2.04 bits per heavy atom. The summed E-state index contributed by atoms with van der Waals surface area (Å²) in [6, 6.07) is 13.6. The van der Waals surface area contributed by atoms with Gasteiger partial charge in [-0.3, -0.25) is 9.48 Å². The Labute approximate surface area is 155 Å². The number of para-hydroxylation sites is 1.